The smallest absolute Gasteiger partial charge is 0.261 e. The molecule has 1 atom stereocenters. The van der Waals surface area contributed by atoms with Crippen molar-refractivity contribution in [3.63, 3.8) is 0 Å². The van der Waals surface area contributed by atoms with Crippen LogP contribution in [0.1, 0.15) is 23.2 Å². The lowest BCUT2D eigenvalue weighted by Crippen LogP contribution is -2.55. The second-order valence-electron chi connectivity index (χ2n) is 8.90. The van der Waals surface area contributed by atoms with E-state index in [0.717, 1.165) is 36.1 Å². The highest BCUT2D eigenvalue weighted by atomic mass is 79.9. The van der Waals surface area contributed by atoms with Crippen molar-refractivity contribution in [3.8, 4) is 0 Å². The van der Waals surface area contributed by atoms with Crippen LogP contribution in [0.15, 0.2) is 53.3 Å². The number of aromatic nitrogens is 1. The number of halogens is 1. The molecule has 188 valence electrons. The highest BCUT2D eigenvalue weighted by molar-refractivity contribution is 9.10. The number of pyridine rings is 1. The largest absolute Gasteiger partial charge is 0.371 e. The molecule has 12 heteroatoms. The number of anilines is 1. The van der Waals surface area contributed by atoms with Crippen LogP contribution in [0.25, 0.3) is 0 Å². The first kappa shape index (κ1) is 25.5. The minimum absolute atomic E-state index is 0.0369. The van der Waals surface area contributed by atoms with Gasteiger partial charge in [0.2, 0.25) is 5.91 Å². The molecule has 3 aliphatic heterocycles. The van der Waals surface area contributed by atoms with Crippen molar-refractivity contribution in [1.82, 2.24) is 14.8 Å². The highest BCUT2D eigenvalue weighted by Gasteiger charge is 2.51. The van der Waals surface area contributed by atoms with Gasteiger partial charge < -0.3 is 19.4 Å². The number of ether oxygens (including phenoxy) is 1. The summed E-state index contributed by atoms with van der Waals surface area (Å²) in [6.07, 6.45) is 5.68. The molecular formula is C23H27BrN4O6S. The molecule has 0 aliphatic carbocycles. The van der Waals surface area contributed by atoms with Crippen LogP contribution in [-0.4, -0.2) is 90.4 Å². The summed E-state index contributed by atoms with van der Waals surface area (Å²) in [7, 11) is -3.67. The van der Waals surface area contributed by atoms with Gasteiger partial charge in [0, 0.05) is 41.2 Å². The second kappa shape index (κ2) is 10.2. The highest BCUT2D eigenvalue weighted by Crippen LogP contribution is 2.38. The molecule has 1 unspecified atom stereocenters. The number of hydrogen-bond donors (Lipinski definition) is 1. The van der Waals surface area contributed by atoms with Crippen molar-refractivity contribution >= 4 is 43.5 Å². The molecule has 3 saturated heterocycles. The van der Waals surface area contributed by atoms with Gasteiger partial charge in [-0.15, -0.1) is 0 Å². The lowest BCUT2D eigenvalue weighted by Gasteiger charge is -2.39. The van der Waals surface area contributed by atoms with E-state index >= 15 is 0 Å². The number of carbonyl (C=O) groups is 2. The second-order valence-corrected chi connectivity index (χ2v) is 11.3. The zero-order valence-corrected chi connectivity index (χ0v) is 21.6. The van der Waals surface area contributed by atoms with Crippen LogP contribution in [0.2, 0.25) is 0 Å². The predicted octanol–water partition coefficient (Wildman–Crippen LogP) is 2.03. The van der Waals surface area contributed by atoms with Crippen molar-refractivity contribution < 1.29 is 27.3 Å². The maximum atomic E-state index is 12.9. The van der Waals surface area contributed by atoms with Gasteiger partial charge in [-0.3, -0.25) is 19.1 Å². The van der Waals surface area contributed by atoms with Gasteiger partial charge in [-0.1, -0.05) is 15.9 Å². The maximum Gasteiger partial charge on any atom is 0.261 e. The Morgan fingerprint density at radius 2 is 1.74 bits per heavy atom. The van der Waals surface area contributed by atoms with E-state index in [4.69, 9.17) is 9.29 Å². The number of carbonyl (C=O) groups excluding carboxylic acids is 2. The molecule has 0 bridgehead atoms. The van der Waals surface area contributed by atoms with Gasteiger partial charge in [-0.2, -0.15) is 8.42 Å². The van der Waals surface area contributed by atoms with Crippen LogP contribution in [0.4, 0.5) is 5.69 Å². The fourth-order valence-corrected chi connectivity index (χ4v) is 4.89. The number of piperazine rings is 1. The molecule has 2 amide bonds. The Morgan fingerprint density at radius 1 is 1.14 bits per heavy atom. The predicted molar refractivity (Wildman–Crippen MR) is 133 cm³/mol. The van der Waals surface area contributed by atoms with Crippen LogP contribution in [0.3, 0.4) is 0 Å². The first-order chi connectivity index (χ1) is 16.5. The first-order valence-corrected chi connectivity index (χ1v) is 13.8. The number of piperidine rings is 1. The molecular weight excluding hydrogens is 540 g/mol. The van der Waals surface area contributed by atoms with Crippen molar-refractivity contribution in [2.45, 2.75) is 24.7 Å². The Kier molecular flexibility index (Phi) is 7.46. The molecule has 35 heavy (non-hydrogen) atoms. The maximum absolute atomic E-state index is 12.9. The number of nitrogens with zero attached hydrogens (tertiary/aromatic N) is 4. The number of rotatable bonds is 2. The molecule has 0 radical (unpaired) electrons. The van der Waals surface area contributed by atoms with Gasteiger partial charge in [0.1, 0.15) is 6.54 Å². The van der Waals surface area contributed by atoms with E-state index in [9.17, 15) is 18.0 Å². The van der Waals surface area contributed by atoms with E-state index in [0.29, 0.717) is 24.9 Å². The van der Waals surface area contributed by atoms with E-state index in [-0.39, 0.29) is 30.2 Å². The van der Waals surface area contributed by atoms with Crippen LogP contribution in [-0.2, 0) is 19.6 Å². The quantitative estimate of drug-likeness (QED) is 0.548. The molecule has 3 aliphatic rings. The molecule has 5 rings (SSSR count). The molecule has 0 saturated carbocycles. The third kappa shape index (κ3) is 6.37. The topological polar surface area (TPSA) is 120 Å². The molecule has 3 fully saturated rings. The van der Waals surface area contributed by atoms with Crippen molar-refractivity contribution in [2.24, 2.45) is 0 Å². The van der Waals surface area contributed by atoms with E-state index in [1.807, 2.05) is 41.6 Å². The summed E-state index contributed by atoms with van der Waals surface area (Å²) in [5, 5.41) is 0. The summed E-state index contributed by atoms with van der Waals surface area (Å²) < 4.78 is 33.2. The van der Waals surface area contributed by atoms with E-state index in [2.05, 4.69) is 25.8 Å². The van der Waals surface area contributed by atoms with Crippen LogP contribution in [0.5, 0.6) is 0 Å². The summed E-state index contributed by atoms with van der Waals surface area (Å²) in [5.74, 6) is -0.169. The molecule has 10 nitrogen and oxygen atoms in total. The molecule has 1 spiro atoms. The number of amides is 2. The minimum atomic E-state index is -3.67. The van der Waals surface area contributed by atoms with Crippen LogP contribution < -0.4 is 4.90 Å². The first-order valence-electron chi connectivity index (χ1n) is 11.1. The average Bonchev–Trinajstić information content (AvgIpc) is 3.17. The third-order valence-electron chi connectivity index (χ3n) is 6.30. The van der Waals surface area contributed by atoms with Gasteiger partial charge in [-0.25, -0.2) is 0 Å². The zero-order chi connectivity index (χ0) is 25.2. The Morgan fingerprint density at radius 3 is 2.34 bits per heavy atom. The van der Waals surface area contributed by atoms with Crippen molar-refractivity contribution in [3.05, 3.63) is 58.8 Å². The monoisotopic (exact) mass is 566 g/mol. The summed E-state index contributed by atoms with van der Waals surface area (Å²) >= 11 is 3.38. The lowest BCUT2D eigenvalue weighted by atomic mass is 9.91. The molecule has 1 aromatic carbocycles. The summed E-state index contributed by atoms with van der Waals surface area (Å²) in [6, 6.07) is 11.3. The number of benzene rings is 1. The Labute approximate surface area is 212 Å². The SMILES string of the molecule is CS(=O)(=O)O.O=C(c1ccc(Br)cc1)N1CC(=O)N2CC3(CCN(c4ccncc4)CC3)OC2C1. The van der Waals surface area contributed by atoms with Crippen molar-refractivity contribution in [1.29, 1.82) is 0 Å². The number of hydrogen-bond acceptors (Lipinski definition) is 7. The van der Waals surface area contributed by atoms with Gasteiger partial charge in [0.25, 0.3) is 16.0 Å². The fraction of sp³-hybridized carbons (Fsp3) is 0.435. The normalized spacial score (nSPS) is 21.4. The van der Waals surface area contributed by atoms with E-state index in [1.165, 1.54) is 0 Å². The van der Waals surface area contributed by atoms with Gasteiger partial charge in [0.15, 0.2) is 6.23 Å². The minimum Gasteiger partial charge on any atom is -0.371 e. The number of fused-ring (bicyclic) bond motifs is 1. The fourth-order valence-electron chi connectivity index (χ4n) is 4.63. The van der Waals surface area contributed by atoms with Gasteiger partial charge in [-0.05, 0) is 49.2 Å². The molecule has 1 N–H and O–H groups in total. The Hall–Kier alpha value is -2.54. The Bertz CT molecular complexity index is 1160. The third-order valence-corrected chi connectivity index (χ3v) is 6.82. The summed E-state index contributed by atoms with van der Waals surface area (Å²) in [6.45, 7) is 2.88. The van der Waals surface area contributed by atoms with Crippen LogP contribution >= 0.6 is 15.9 Å². The molecule has 2 aromatic rings. The summed E-state index contributed by atoms with van der Waals surface area (Å²) in [4.78, 5) is 35.6. The van der Waals surface area contributed by atoms with Crippen molar-refractivity contribution in [2.75, 3.05) is 43.9 Å². The van der Waals surface area contributed by atoms with E-state index in [1.54, 1.807) is 17.0 Å². The summed E-state index contributed by atoms with van der Waals surface area (Å²) in [5.41, 5.74) is 1.43. The van der Waals surface area contributed by atoms with Gasteiger partial charge >= 0.3 is 0 Å². The lowest BCUT2D eigenvalue weighted by molar-refractivity contribution is -0.146. The average molecular weight is 567 g/mol. The molecule has 1 aromatic heterocycles. The standard InChI is InChI=1S/C22H23BrN4O3.CH4O3S/c23-17-3-1-16(2-4-17)21(29)26-13-19(28)27-15-22(30-20(27)14-26)7-11-25(12-8-22)18-5-9-24-10-6-18;1-5(2,3)4/h1-6,9-10,20H,7-8,11-15H2;1H3,(H,2,3,4). The van der Waals surface area contributed by atoms with E-state index < -0.39 is 10.1 Å². The van der Waals surface area contributed by atoms with Crippen LogP contribution in [0, 0.1) is 0 Å². The van der Waals surface area contributed by atoms with Gasteiger partial charge in [0.05, 0.1) is 24.9 Å². The molecule has 4 heterocycles. The zero-order valence-electron chi connectivity index (χ0n) is 19.2. The Balaban J connectivity index is 0.000000527.